The molecule has 0 saturated heterocycles. The van der Waals surface area contributed by atoms with Crippen LogP contribution in [0, 0.1) is 5.95 Å². The molecule has 0 spiro atoms. The highest BCUT2D eigenvalue weighted by molar-refractivity contribution is 5.34. The Morgan fingerprint density at radius 3 is 2.67 bits per heavy atom. The Morgan fingerprint density at radius 1 is 1.27 bits per heavy atom. The number of nitrogens with zero attached hydrogens (tertiary/aromatic N) is 1. The van der Waals surface area contributed by atoms with E-state index in [0.717, 1.165) is 25.7 Å². The van der Waals surface area contributed by atoms with Gasteiger partial charge in [-0.05, 0) is 37.8 Å². The van der Waals surface area contributed by atoms with Crippen molar-refractivity contribution in [2.45, 2.75) is 37.8 Å². The van der Waals surface area contributed by atoms with Gasteiger partial charge in [0.15, 0.2) is 0 Å². The molecule has 0 radical (unpaired) electrons. The molecule has 15 heavy (non-hydrogen) atoms. The molecule has 0 amide bonds. The Kier molecular flexibility index (Phi) is 3.16. The van der Waals surface area contributed by atoms with Crippen molar-refractivity contribution in [2.24, 2.45) is 0 Å². The van der Waals surface area contributed by atoms with Crippen LogP contribution in [-0.2, 0) is 0 Å². The van der Waals surface area contributed by atoms with Crippen LogP contribution in [0.15, 0.2) is 18.2 Å². The van der Waals surface area contributed by atoms with Gasteiger partial charge in [0.2, 0.25) is 5.95 Å². The molecule has 3 nitrogen and oxygen atoms in total. The topological polar surface area (TPSA) is 45.1 Å². The number of hydrogen-bond acceptors (Lipinski definition) is 3. The van der Waals surface area contributed by atoms with Crippen molar-refractivity contribution in [2.75, 3.05) is 5.32 Å². The predicted octanol–water partition coefficient (Wildman–Crippen LogP) is 1.94. The zero-order chi connectivity index (χ0) is 10.7. The maximum Gasteiger partial charge on any atom is 0.214 e. The number of pyridine rings is 1. The van der Waals surface area contributed by atoms with Gasteiger partial charge < -0.3 is 10.4 Å². The van der Waals surface area contributed by atoms with Crippen LogP contribution in [0.5, 0.6) is 0 Å². The Morgan fingerprint density at radius 2 is 2.00 bits per heavy atom. The van der Waals surface area contributed by atoms with E-state index in [4.69, 9.17) is 0 Å². The SMILES string of the molecule is OC1CCC(Nc2cccc(F)n2)CC1. The lowest BCUT2D eigenvalue weighted by atomic mass is 9.93. The highest BCUT2D eigenvalue weighted by Crippen LogP contribution is 2.21. The zero-order valence-electron chi connectivity index (χ0n) is 8.49. The number of hydrogen-bond donors (Lipinski definition) is 2. The van der Waals surface area contributed by atoms with Crippen LogP contribution in [0.25, 0.3) is 0 Å². The minimum Gasteiger partial charge on any atom is -0.393 e. The molecule has 0 aromatic carbocycles. The summed E-state index contributed by atoms with van der Waals surface area (Å²) in [5.41, 5.74) is 0. The van der Waals surface area contributed by atoms with Gasteiger partial charge in [0, 0.05) is 6.04 Å². The molecule has 2 rings (SSSR count). The molecule has 0 aliphatic heterocycles. The van der Waals surface area contributed by atoms with Crippen LogP contribution >= 0.6 is 0 Å². The van der Waals surface area contributed by atoms with Crippen LogP contribution in [0.2, 0.25) is 0 Å². The van der Waals surface area contributed by atoms with Crippen molar-refractivity contribution in [1.82, 2.24) is 4.98 Å². The summed E-state index contributed by atoms with van der Waals surface area (Å²) in [6.45, 7) is 0. The molecule has 1 heterocycles. The van der Waals surface area contributed by atoms with Gasteiger partial charge in [-0.2, -0.15) is 4.39 Å². The molecule has 1 aromatic heterocycles. The molecule has 1 aromatic rings. The average molecular weight is 210 g/mol. The minimum atomic E-state index is -0.462. The molecule has 0 unspecified atom stereocenters. The third-order valence-electron chi connectivity index (χ3n) is 2.76. The fraction of sp³-hybridized carbons (Fsp3) is 0.545. The lowest BCUT2D eigenvalue weighted by molar-refractivity contribution is 0.126. The van der Waals surface area contributed by atoms with Crippen LogP contribution < -0.4 is 5.32 Å². The highest BCUT2D eigenvalue weighted by Gasteiger charge is 2.19. The first-order chi connectivity index (χ1) is 7.24. The molecule has 1 aliphatic carbocycles. The van der Waals surface area contributed by atoms with Gasteiger partial charge >= 0.3 is 0 Å². The first kappa shape index (κ1) is 10.4. The summed E-state index contributed by atoms with van der Waals surface area (Å²) >= 11 is 0. The number of aliphatic hydroxyl groups is 1. The predicted molar refractivity (Wildman–Crippen MR) is 56.1 cm³/mol. The van der Waals surface area contributed by atoms with Crippen molar-refractivity contribution in [1.29, 1.82) is 0 Å². The fourth-order valence-corrected chi connectivity index (χ4v) is 1.92. The van der Waals surface area contributed by atoms with Crippen LogP contribution in [0.1, 0.15) is 25.7 Å². The monoisotopic (exact) mass is 210 g/mol. The molecule has 4 heteroatoms. The van der Waals surface area contributed by atoms with Crippen molar-refractivity contribution >= 4 is 5.82 Å². The Hall–Kier alpha value is -1.16. The van der Waals surface area contributed by atoms with Gasteiger partial charge in [0.05, 0.1) is 6.10 Å². The summed E-state index contributed by atoms with van der Waals surface area (Å²) < 4.78 is 12.8. The molecule has 1 saturated carbocycles. The second-order valence-corrected chi connectivity index (χ2v) is 4.00. The summed E-state index contributed by atoms with van der Waals surface area (Å²) in [6, 6.07) is 5.04. The second kappa shape index (κ2) is 4.57. The van der Waals surface area contributed by atoms with Crippen molar-refractivity contribution < 1.29 is 9.50 Å². The molecule has 0 bridgehead atoms. The molecule has 82 valence electrons. The fourth-order valence-electron chi connectivity index (χ4n) is 1.92. The molecular weight excluding hydrogens is 195 g/mol. The van der Waals surface area contributed by atoms with Gasteiger partial charge in [-0.1, -0.05) is 6.07 Å². The number of aromatic nitrogens is 1. The number of nitrogens with one attached hydrogen (secondary N) is 1. The van der Waals surface area contributed by atoms with E-state index in [2.05, 4.69) is 10.3 Å². The Balaban J connectivity index is 1.92. The summed E-state index contributed by atoms with van der Waals surface area (Å²) in [5.74, 6) is 0.118. The maximum atomic E-state index is 12.8. The van der Waals surface area contributed by atoms with E-state index in [0.29, 0.717) is 11.9 Å². The van der Waals surface area contributed by atoms with E-state index in [1.165, 1.54) is 6.07 Å². The Labute approximate surface area is 88.3 Å². The van der Waals surface area contributed by atoms with Crippen LogP contribution in [0.3, 0.4) is 0 Å². The standard InChI is InChI=1S/C11H15FN2O/c12-10-2-1-3-11(14-10)13-8-4-6-9(15)7-5-8/h1-3,8-9,15H,4-7H2,(H,13,14). The minimum absolute atomic E-state index is 0.163. The van der Waals surface area contributed by atoms with E-state index >= 15 is 0 Å². The summed E-state index contributed by atoms with van der Waals surface area (Å²) in [5, 5.41) is 12.5. The van der Waals surface area contributed by atoms with Gasteiger partial charge in [-0.15, -0.1) is 0 Å². The number of halogens is 1. The first-order valence-electron chi connectivity index (χ1n) is 5.31. The summed E-state index contributed by atoms with van der Waals surface area (Å²) in [7, 11) is 0. The smallest absolute Gasteiger partial charge is 0.214 e. The van der Waals surface area contributed by atoms with E-state index in [9.17, 15) is 9.50 Å². The van der Waals surface area contributed by atoms with Crippen molar-refractivity contribution in [3.05, 3.63) is 24.1 Å². The van der Waals surface area contributed by atoms with E-state index in [1.54, 1.807) is 12.1 Å². The maximum absolute atomic E-state index is 12.8. The van der Waals surface area contributed by atoms with Crippen LogP contribution in [0.4, 0.5) is 10.2 Å². The second-order valence-electron chi connectivity index (χ2n) is 4.00. The average Bonchev–Trinajstić information content (AvgIpc) is 2.22. The van der Waals surface area contributed by atoms with E-state index in [1.807, 2.05) is 0 Å². The summed E-state index contributed by atoms with van der Waals surface area (Å²) in [6.07, 6.45) is 3.29. The zero-order valence-corrected chi connectivity index (χ0v) is 8.49. The van der Waals surface area contributed by atoms with Crippen molar-refractivity contribution in [3.8, 4) is 0 Å². The molecule has 2 N–H and O–H groups in total. The van der Waals surface area contributed by atoms with Gasteiger partial charge in [0.1, 0.15) is 5.82 Å². The van der Waals surface area contributed by atoms with E-state index < -0.39 is 5.95 Å². The van der Waals surface area contributed by atoms with Crippen molar-refractivity contribution in [3.63, 3.8) is 0 Å². The Bertz CT molecular complexity index is 324. The third-order valence-corrected chi connectivity index (χ3v) is 2.76. The normalized spacial score (nSPS) is 26.3. The van der Waals surface area contributed by atoms with Gasteiger partial charge in [0.25, 0.3) is 0 Å². The van der Waals surface area contributed by atoms with Gasteiger partial charge in [-0.3, -0.25) is 0 Å². The molecule has 1 aliphatic rings. The van der Waals surface area contributed by atoms with E-state index in [-0.39, 0.29) is 6.10 Å². The third kappa shape index (κ3) is 2.89. The number of aliphatic hydroxyl groups excluding tert-OH is 1. The summed E-state index contributed by atoms with van der Waals surface area (Å²) in [4.78, 5) is 3.75. The lowest BCUT2D eigenvalue weighted by Crippen LogP contribution is -2.28. The highest BCUT2D eigenvalue weighted by atomic mass is 19.1. The first-order valence-corrected chi connectivity index (χ1v) is 5.31. The number of anilines is 1. The lowest BCUT2D eigenvalue weighted by Gasteiger charge is -2.26. The quantitative estimate of drug-likeness (QED) is 0.733. The molecule has 1 fully saturated rings. The molecular formula is C11H15FN2O. The van der Waals surface area contributed by atoms with Gasteiger partial charge in [-0.25, -0.2) is 4.98 Å². The van der Waals surface area contributed by atoms with Crippen LogP contribution in [-0.4, -0.2) is 22.2 Å². The largest absolute Gasteiger partial charge is 0.393 e. The number of rotatable bonds is 2. The molecule has 0 atom stereocenters.